The van der Waals surface area contributed by atoms with Gasteiger partial charge in [-0.25, -0.2) is 4.39 Å². The summed E-state index contributed by atoms with van der Waals surface area (Å²) >= 11 is 0. The van der Waals surface area contributed by atoms with Crippen molar-refractivity contribution in [3.63, 3.8) is 0 Å². The van der Waals surface area contributed by atoms with Crippen molar-refractivity contribution >= 4 is 28.4 Å². The molecule has 2 aromatic carbocycles. The van der Waals surface area contributed by atoms with Crippen molar-refractivity contribution in [3.05, 3.63) is 76.7 Å². The fourth-order valence-corrected chi connectivity index (χ4v) is 3.86. The number of nitrogens with two attached hydrogens (primary N) is 1. The van der Waals surface area contributed by atoms with Gasteiger partial charge in [0.15, 0.2) is 0 Å². The quantitative estimate of drug-likeness (QED) is 0.482. The van der Waals surface area contributed by atoms with Crippen LogP contribution < -0.4 is 16.0 Å². The topological polar surface area (TPSA) is 89.1 Å². The van der Waals surface area contributed by atoms with Gasteiger partial charge in [0.1, 0.15) is 17.5 Å². The first-order valence-corrected chi connectivity index (χ1v) is 10.2. The highest BCUT2D eigenvalue weighted by Crippen LogP contribution is 2.30. The molecule has 2 aromatic heterocycles. The molecule has 0 radical (unpaired) electrons. The predicted octanol–water partition coefficient (Wildman–Crippen LogP) is 3.95. The lowest BCUT2D eigenvalue weighted by Crippen LogP contribution is -2.17. The molecule has 0 spiro atoms. The summed E-state index contributed by atoms with van der Waals surface area (Å²) in [7, 11) is 3.82. The molecule has 0 unspecified atom stereocenters. The van der Waals surface area contributed by atoms with Crippen LogP contribution in [0.2, 0.25) is 0 Å². The summed E-state index contributed by atoms with van der Waals surface area (Å²) in [4.78, 5) is 23.3. The summed E-state index contributed by atoms with van der Waals surface area (Å²) in [5.41, 5.74) is 8.88. The summed E-state index contributed by atoms with van der Waals surface area (Å²) in [6.07, 6.45) is 0. The number of nitrogens with one attached hydrogen (secondary N) is 1. The first-order chi connectivity index (χ1) is 15.3. The third-order valence-corrected chi connectivity index (χ3v) is 5.37. The van der Waals surface area contributed by atoms with Crippen LogP contribution in [0, 0.1) is 19.7 Å². The van der Waals surface area contributed by atoms with Crippen LogP contribution in [-0.2, 0) is 6.54 Å². The van der Waals surface area contributed by atoms with Gasteiger partial charge in [0.25, 0.3) is 0 Å². The van der Waals surface area contributed by atoms with E-state index in [0.717, 1.165) is 28.7 Å². The average Bonchev–Trinajstić information content (AvgIpc) is 3.08. The maximum Gasteiger partial charge on any atom is 0.249 e. The third-order valence-electron chi connectivity index (χ3n) is 5.37. The van der Waals surface area contributed by atoms with Crippen molar-refractivity contribution < 1.29 is 9.18 Å². The van der Waals surface area contributed by atoms with E-state index in [1.807, 2.05) is 63.2 Å². The third kappa shape index (κ3) is 3.87. The second-order valence-corrected chi connectivity index (χ2v) is 7.93. The van der Waals surface area contributed by atoms with Crippen LogP contribution in [0.3, 0.4) is 0 Å². The monoisotopic (exact) mass is 432 g/mol. The molecule has 3 N–H and O–H groups in total. The Balaban J connectivity index is 1.88. The van der Waals surface area contributed by atoms with Crippen molar-refractivity contribution in [1.82, 2.24) is 14.5 Å². The van der Waals surface area contributed by atoms with E-state index in [0.29, 0.717) is 29.2 Å². The van der Waals surface area contributed by atoms with Crippen LogP contribution in [0.4, 0.5) is 16.0 Å². The molecule has 0 saturated heterocycles. The minimum atomic E-state index is -0.685. The highest BCUT2D eigenvalue weighted by molar-refractivity contribution is 6.06. The number of nitrogens with zero attached hydrogens (tertiary/aromatic N) is 4. The highest BCUT2D eigenvalue weighted by atomic mass is 19.1. The number of anilines is 2. The molecule has 32 heavy (non-hydrogen) atoms. The standard InChI is InChI=1S/C24H25FN6O/c1-14-10-18-19(21(26)32)11-17(25)12-20(18)31(14)24-28-22(15(2)23(29-24)30(3)4)27-13-16-8-6-5-7-9-16/h5-12H,13H2,1-4H3,(H2,26,32)(H,27,28,29). The lowest BCUT2D eigenvalue weighted by atomic mass is 10.1. The highest BCUT2D eigenvalue weighted by Gasteiger charge is 2.20. The van der Waals surface area contributed by atoms with Crippen LogP contribution in [0.1, 0.15) is 27.2 Å². The molecule has 4 aromatic rings. The number of benzene rings is 2. The Labute approximate surface area is 185 Å². The van der Waals surface area contributed by atoms with Crippen molar-refractivity contribution in [2.75, 3.05) is 24.3 Å². The second-order valence-electron chi connectivity index (χ2n) is 7.93. The lowest BCUT2D eigenvalue weighted by Gasteiger charge is -2.20. The Bertz CT molecular complexity index is 1310. The summed E-state index contributed by atoms with van der Waals surface area (Å²) in [6, 6.07) is 14.3. The fraction of sp³-hybridized carbons (Fsp3) is 0.208. The van der Waals surface area contributed by atoms with Crippen LogP contribution in [0.25, 0.3) is 16.9 Å². The molecule has 0 saturated carbocycles. The van der Waals surface area contributed by atoms with E-state index in [2.05, 4.69) is 5.32 Å². The number of rotatable bonds is 6. The van der Waals surface area contributed by atoms with Gasteiger partial charge in [0, 0.05) is 37.3 Å². The van der Waals surface area contributed by atoms with E-state index in [4.69, 9.17) is 15.7 Å². The Morgan fingerprint density at radius 2 is 1.84 bits per heavy atom. The Hall–Kier alpha value is -3.94. The van der Waals surface area contributed by atoms with Crippen molar-refractivity contribution in [3.8, 4) is 5.95 Å². The van der Waals surface area contributed by atoms with Gasteiger partial charge in [-0.1, -0.05) is 30.3 Å². The Kier molecular flexibility index (Phi) is 5.52. The molecular formula is C24H25FN6O. The first-order valence-electron chi connectivity index (χ1n) is 10.2. The zero-order valence-corrected chi connectivity index (χ0v) is 18.5. The van der Waals surface area contributed by atoms with E-state index in [9.17, 15) is 9.18 Å². The minimum absolute atomic E-state index is 0.129. The number of hydrogen-bond acceptors (Lipinski definition) is 5. The average molecular weight is 433 g/mol. The van der Waals surface area contributed by atoms with Crippen LogP contribution >= 0.6 is 0 Å². The molecule has 0 aliphatic heterocycles. The van der Waals surface area contributed by atoms with Gasteiger partial charge in [0.2, 0.25) is 11.9 Å². The summed E-state index contributed by atoms with van der Waals surface area (Å²) in [5.74, 6) is 0.556. The largest absolute Gasteiger partial charge is 0.366 e. The molecule has 164 valence electrons. The van der Waals surface area contributed by atoms with Crippen LogP contribution in [0.15, 0.2) is 48.5 Å². The molecule has 0 atom stereocenters. The number of fused-ring (bicyclic) bond motifs is 1. The van der Waals surface area contributed by atoms with Gasteiger partial charge >= 0.3 is 0 Å². The van der Waals surface area contributed by atoms with Crippen LogP contribution in [-0.4, -0.2) is 34.5 Å². The SMILES string of the molecule is Cc1c(NCc2ccccc2)nc(-n2c(C)cc3c(C(N)=O)cc(F)cc32)nc1N(C)C. The normalized spacial score (nSPS) is 11.0. The smallest absolute Gasteiger partial charge is 0.249 e. The van der Waals surface area contributed by atoms with E-state index in [1.54, 1.807) is 10.6 Å². The number of amides is 1. The number of aromatic nitrogens is 3. The van der Waals surface area contributed by atoms with Gasteiger partial charge in [-0.2, -0.15) is 9.97 Å². The molecule has 0 bridgehead atoms. The molecule has 2 heterocycles. The number of aryl methyl sites for hydroxylation is 1. The summed E-state index contributed by atoms with van der Waals surface area (Å²) in [5, 5.41) is 3.96. The van der Waals surface area contributed by atoms with E-state index >= 15 is 0 Å². The number of halogens is 1. The van der Waals surface area contributed by atoms with Gasteiger partial charge < -0.3 is 16.0 Å². The number of carbonyl (C=O) groups is 1. The second kappa shape index (κ2) is 8.30. The van der Waals surface area contributed by atoms with E-state index in [1.165, 1.54) is 6.07 Å². The molecule has 0 fully saturated rings. The van der Waals surface area contributed by atoms with Gasteiger partial charge in [-0.15, -0.1) is 0 Å². The molecule has 0 aliphatic carbocycles. The summed E-state index contributed by atoms with van der Waals surface area (Å²) < 4.78 is 16.1. The van der Waals surface area contributed by atoms with E-state index in [-0.39, 0.29) is 5.56 Å². The zero-order chi connectivity index (χ0) is 23.0. The van der Waals surface area contributed by atoms with Gasteiger partial charge in [0.05, 0.1) is 11.1 Å². The van der Waals surface area contributed by atoms with Crippen LogP contribution in [0.5, 0.6) is 0 Å². The molecule has 1 amide bonds. The lowest BCUT2D eigenvalue weighted by molar-refractivity contribution is 0.100. The van der Waals surface area contributed by atoms with Gasteiger partial charge in [-0.3, -0.25) is 9.36 Å². The van der Waals surface area contributed by atoms with E-state index < -0.39 is 11.7 Å². The predicted molar refractivity (Wildman–Crippen MR) is 125 cm³/mol. The number of primary amides is 1. The molecule has 4 rings (SSSR count). The fourth-order valence-electron chi connectivity index (χ4n) is 3.86. The minimum Gasteiger partial charge on any atom is -0.366 e. The maximum atomic E-state index is 14.3. The number of hydrogen-bond donors (Lipinski definition) is 2. The van der Waals surface area contributed by atoms with Crippen molar-refractivity contribution in [2.45, 2.75) is 20.4 Å². The van der Waals surface area contributed by atoms with Crippen molar-refractivity contribution in [2.24, 2.45) is 5.73 Å². The number of carbonyl (C=O) groups excluding carboxylic acids is 1. The molecule has 0 aliphatic rings. The first kappa shape index (κ1) is 21.3. The van der Waals surface area contributed by atoms with Crippen molar-refractivity contribution in [1.29, 1.82) is 0 Å². The molecular weight excluding hydrogens is 407 g/mol. The molecule has 8 heteroatoms. The maximum absolute atomic E-state index is 14.3. The van der Waals surface area contributed by atoms with Gasteiger partial charge in [-0.05, 0) is 37.6 Å². The molecule has 7 nitrogen and oxygen atoms in total. The zero-order valence-electron chi connectivity index (χ0n) is 18.5. The Morgan fingerprint density at radius 1 is 1.12 bits per heavy atom. The Morgan fingerprint density at radius 3 is 2.50 bits per heavy atom. The summed E-state index contributed by atoms with van der Waals surface area (Å²) in [6.45, 7) is 4.41.